The number of benzene rings is 1. The molecule has 0 aliphatic rings. The summed E-state index contributed by atoms with van der Waals surface area (Å²) in [6.45, 7) is 1.93. The predicted molar refractivity (Wildman–Crippen MR) is 50.5 cm³/mol. The van der Waals surface area contributed by atoms with E-state index in [-0.39, 0.29) is 5.38 Å². The van der Waals surface area contributed by atoms with E-state index in [1.54, 1.807) is 0 Å². The van der Waals surface area contributed by atoms with Gasteiger partial charge in [0, 0.05) is 6.42 Å². The van der Waals surface area contributed by atoms with Crippen LogP contribution in [0.3, 0.4) is 0 Å². The van der Waals surface area contributed by atoms with E-state index in [9.17, 15) is 4.79 Å². The average molecular weight is 183 g/mol. The fourth-order valence-electron chi connectivity index (χ4n) is 1.02. The van der Waals surface area contributed by atoms with E-state index in [1.165, 1.54) is 0 Å². The molecule has 0 N–H and O–H groups in total. The third-order valence-corrected chi connectivity index (χ3v) is 2.01. The van der Waals surface area contributed by atoms with Gasteiger partial charge in [-0.1, -0.05) is 24.3 Å². The molecule has 2 heteroatoms. The van der Waals surface area contributed by atoms with Crippen molar-refractivity contribution in [3.63, 3.8) is 0 Å². The molecule has 0 radical (unpaired) electrons. The zero-order valence-corrected chi connectivity index (χ0v) is 7.71. The number of aldehydes is 1. The van der Waals surface area contributed by atoms with Gasteiger partial charge in [-0.2, -0.15) is 0 Å². The minimum Gasteiger partial charge on any atom is -0.303 e. The Morgan fingerprint density at radius 1 is 1.42 bits per heavy atom. The first-order valence-electron chi connectivity index (χ1n) is 3.90. The average Bonchev–Trinajstić information content (AvgIpc) is 2.06. The molecule has 0 heterocycles. The molecule has 0 saturated carbocycles. The third kappa shape index (κ3) is 2.35. The van der Waals surface area contributed by atoms with Crippen molar-refractivity contribution >= 4 is 17.9 Å². The molecule has 64 valence electrons. The molecule has 0 aliphatic heterocycles. The molecule has 12 heavy (non-hydrogen) atoms. The van der Waals surface area contributed by atoms with Crippen molar-refractivity contribution in [1.29, 1.82) is 0 Å². The number of halogens is 1. The van der Waals surface area contributed by atoms with E-state index >= 15 is 0 Å². The van der Waals surface area contributed by atoms with Crippen LogP contribution in [0.25, 0.3) is 0 Å². The van der Waals surface area contributed by atoms with Crippen molar-refractivity contribution in [2.75, 3.05) is 0 Å². The van der Waals surface area contributed by atoms with Crippen molar-refractivity contribution < 1.29 is 4.79 Å². The molecular formula is C10H11ClO. The minimum absolute atomic E-state index is 0.0373. The maximum atomic E-state index is 10.2. The molecule has 0 saturated heterocycles. The van der Waals surface area contributed by atoms with Gasteiger partial charge in [-0.25, -0.2) is 0 Å². The van der Waals surface area contributed by atoms with Gasteiger partial charge in [-0.15, -0.1) is 11.6 Å². The smallest absolute Gasteiger partial charge is 0.124 e. The fourth-order valence-corrected chi connectivity index (χ4v) is 1.16. The van der Waals surface area contributed by atoms with E-state index in [4.69, 9.17) is 11.6 Å². The Balaban J connectivity index is 2.78. The first kappa shape index (κ1) is 9.27. The van der Waals surface area contributed by atoms with Gasteiger partial charge in [0.1, 0.15) is 6.29 Å². The third-order valence-electron chi connectivity index (χ3n) is 1.76. The molecule has 0 amide bonds. The second kappa shape index (κ2) is 4.27. The molecule has 1 rings (SSSR count). The molecule has 1 aromatic rings. The van der Waals surface area contributed by atoms with Crippen LogP contribution in [0, 0.1) is 0 Å². The highest BCUT2D eigenvalue weighted by atomic mass is 35.5. The van der Waals surface area contributed by atoms with Crippen molar-refractivity contribution in [2.45, 2.75) is 18.7 Å². The van der Waals surface area contributed by atoms with Gasteiger partial charge in [-0.05, 0) is 18.1 Å². The zero-order valence-electron chi connectivity index (χ0n) is 6.96. The molecule has 1 nitrogen and oxygen atoms in total. The number of hydrogen-bond acceptors (Lipinski definition) is 1. The lowest BCUT2D eigenvalue weighted by Gasteiger charge is -2.02. The Hall–Kier alpha value is -0.820. The second-order valence-electron chi connectivity index (χ2n) is 2.73. The van der Waals surface area contributed by atoms with Crippen LogP contribution in [0.15, 0.2) is 24.3 Å². The van der Waals surface area contributed by atoms with E-state index in [1.807, 2.05) is 31.2 Å². The van der Waals surface area contributed by atoms with Crippen molar-refractivity contribution in [3.05, 3.63) is 35.4 Å². The van der Waals surface area contributed by atoms with Crippen LogP contribution in [-0.2, 0) is 11.2 Å². The quantitative estimate of drug-likeness (QED) is 0.519. The topological polar surface area (TPSA) is 17.1 Å². The van der Waals surface area contributed by atoms with Gasteiger partial charge < -0.3 is 4.79 Å². The number of carbonyl (C=O) groups is 1. The summed E-state index contributed by atoms with van der Waals surface area (Å²) in [6.07, 6.45) is 1.38. The molecule has 0 aromatic heterocycles. The molecular weight excluding hydrogens is 172 g/mol. The van der Waals surface area contributed by atoms with Crippen molar-refractivity contribution in [1.82, 2.24) is 0 Å². The van der Waals surface area contributed by atoms with Gasteiger partial charge >= 0.3 is 0 Å². The Labute approximate surface area is 77.4 Å². The summed E-state index contributed by atoms with van der Waals surface area (Å²) in [4.78, 5) is 10.2. The van der Waals surface area contributed by atoms with Crippen molar-refractivity contribution in [2.24, 2.45) is 0 Å². The molecule has 0 bridgehead atoms. The standard InChI is InChI=1S/C10H11ClO/c1-8(11)10-4-2-9(3-5-10)6-7-12/h2-5,7-8H,6H2,1H3. The number of alkyl halides is 1. The largest absolute Gasteiger partial charge is 0.303 e. The summed E-state index contributed by atoms with van der Waals surface area (Å²) in [6, 6.07) is 7.78. The molecule has 1 aromatic carbocycles. The highest BCUT2D eigenvalue weighted by Gasteiger charge is 1.99. The molecule has 0 aliphatic carbocycles. The highest BCUT2D eigenvalue weighted by molar-refractivity contribution is 6.20. The SMILES string of the molecule is CC(Cl)c1ccc(CC=O)cc1. The number of hydrogen-bond donors (Lipinski definition) is 0. The van der Waals surface area contributed by atoms with Crippen LogP contribution in [0.1, 0.15) is 23.4 Å². The monoisotopic (exact) mass is 182 g/mol. The van der Waals surface area contributed by atoms with Crippen LogP contribution in [0.4, 0.5) is 0 Å². The molecule has 0 fully saturated rings. The fraction of sp³-hybridized carbons (Fsp3) is 0.300. The van der Waals surface area contributed by atoms with Gasteiger partial charge in [0.05, 0.1) is 5.38 Å². The van der Waals surface area contributed by atoms with E-state index in [0.29, 0.717) is 6.42 Å². The number of rotatable bonds is 3. The van der Waals surface area contributed by atoms with E-state index < -0.39 is 0 Å². The Morgan fingerprint density at radius 3 is 2.42 bits per heavy atom. The zero-order chi connectivity index (χ0) is 8.97. The Morgan fingerprint density at radius 2 is 2.00 bits per heavy atom. The molecule has 0 spiro atoms. The Bertz CT molecular complexity index is 251. The first-order valence-corrected chi connectivity index (χ1v) is 4.34. The van der Waals surface area contributed by atoms with Crippen LogP contribution >= 0.6 is 11.6 Å². The summed E-state index contributed by atoms with van der Waals surface area (Å²) >= 11 is 5.86. The normalized spacial score (nSPS) is 12.5. The van der Waals surface area contributed by atoms with Crippen LogP contribution in [-0.4, -0.2) is 6.29 Å². The first-order chi connectivity index (χ1) is 5.74. The Kier molecular flexibility index (Phi) is 3.30. The second-order valence-corrected chi connectivity index (χ2v) is 3.38. The maximum Gasteiger partial charge on any atom is 0.124 e. The van der Waals surface area contributed by atoms with Crippen LogP contribution < -0.4 is 0 Å². The lowest BCUT2D eigenvalue weighted by molar-refractivity contribution is -0.107. The summed E-state index contributed by atoms with van der Waals surface area (Å²) in [7, 11) is 0. The van der Waals surface area contributed by atoms with Gasteiger partial charge in [0.25, 0.3) is 0 Å². The lowest BCUT2D eigenvalue weighted by Crippen LogP contribution is -1.88. The minimum atomic E-state index is 0.0373. The summed E-state index contributed by atoms with van der Waals surface area (Å²) in [5.41, 5.74) is 2.12. The summed E-state index contributed by atoms with van der Waals surface area (Å²) in [5, 5.41) is 0.0373. The summed E-state index contributed by atoms with van der Waals surface area (Å²) in [5.74, 6) is 0. The van der Waals surface area contributed by atoms with Gasteiger partial charge in [-0.3, -0.25) is 0 Å². The van der Waals surface area contributed by atoms with Gasteiger partial charge in [0.15, 0.2) is 0 Å². The maximum absolute atomic E-state index is 10.2. The van der Waals surface area contributed by atoms with E-state index in [0.717, 1.165) is 17.4 Å². The van der Waals surface area contributed by atoms with Gasteiger partial charge in [0.2, 0.25) is 0 Å². The molecule has 1 atom stereocenters. The van der Waals surface area contributed by atoms with Crippen molar-refractivity contribution in [3.8, 4) is 0 Å². The lowest BCUT2D eigenvalue weighted by atomic mass is 10.1. The number of carbonyl (C=O) groups excluding carboxylic acids is 1. The van der Waals surface area contributed by atoms with Crippen LogP contribution in [0.2, 0.25) is 0 Å². The van der Waals surface area contributed by atoms with Crippen LogP contribution in [0.5, 0.6) is 0 Å². The highest BCUT2D eigenvalue weighted by Crippen LogP contribution is 2.19. The predicted octanol–water partition coefficient (Wildman–Crippen LogP) is 2.73. The van der Waals surface area contributed by atoms with E-state index in [2.05, 4.69) is 0 Å². The molecule has 1 unspecified atom stereocenters. The summed E-state index contributed by atoms with van der Waals surface area (Å²) < 4.78 is 0.